The van der Waals surface area contributed by atoms with Crippen LogP contribution in [0.3, 0.4) is 0 Å². The molecule has 5 heteroatoms. The van der Waals surface area contributed by atoms with Gasteiger partial charge in [-0.15, -0.1) is 0 Å². The summed E-state index contributed by atoms with van der Waals surface area (Å²) in [5, 5.41) is 3.11. The molecule has 132 valence electrons. The third kappa shape index (κ3) is 4.08. The Bertz CT molecular complexity index is 567. The van der Waals surface area contributed by atoms with Crippen LogP contribution in [-0.4, -0.2) is 60.3 Å². The van der Waals surface area contributed by atoms with Gasteiger partial charge < -0.3 is 15.0 Å². The van der Waals surface area contributed by atoms with Gasteiger partial charge in [-0.05, 0) is 38.3 Å². The number of nitrogens with one attached hydrogen (secondary N) is 1. The van der Waals surface area contributed by atoms with Crippen molar-refractivity contribution in [1.29, 1.82) is 0 Å². The van der Waals surface area contributed by atoms with Crippen molar-refractivity contribution in [3.8, 4) is 0 Å². The van der Waals surface area contributed by atoms with E-state index >= 15 is 0 Å². The first-order chi connectivity index (χ1) is 11.5. The molecule has 2 aliphatic heterocycles. The lowest BCUT2D eigenvalue weighted by atomic mass is 10.0. The predicted molar refractivity (Wildman–Crippen MR) is 95.0 cm³/mol. The van der Waals surface area contributed by atoms with Gasteiger partial charge in [0.2, 0.25) is 0 Å². The maximum Gasteiger partial charge on any atom is 0.317 e. The van der Waals surface area contributed by atoms with Gasteiger partial charge in [-0.2, -0.15) is 0 Å². The van der Waals surface area contributed by atoms with Crippen LogP contribution in [0, 0.1) is 0 Å². The van der Waals surface area contributed by atoms with Gasteiger partial charge in [-0.1, -0.05) is 24.3 Å². The molecule has 3 rings (SSSR count). The molecule has 0 bridgehead atoms. The van der Waals surface area contributed by atoms with Crippen LogP contribution < -0.4 is 5.32 Å². The summed E-state index contributed by atoms with van der Waals surface area (Å²) in [6.45, 7) is 10.4. The third-order valence-electron chi connectivity index (χ3n) is 5.04. The molecule has 24 heavy (non-hydrogen) atoms. The average Bonchev–Trinajstić information content (AvgIpc) is 2.58. The molecule has 0 radical (unpaired) electrons. The lowest BCUT2D eigenvalue weighted by Gasteiger charge is -2.39. The normalized spacial score (nSPS) is 25.9. The van der Waals surface area contributed by atoms with Crippen LogP contribution in [0.4, 0.5) is 4.79 Å². The van der Waals surface area contributed by atoms with E-state index < -0.39 is 0 Å². The van der Waals surface area contributed by atoms with Crippen LogP contribution in [0.1, 0.15) is 31.9 Å². The van der Waals surface area contributed by atoms with Gasteiger partial charge in [-0.25, -0.2) is 4.79 Å². The molecule has 1 saturated heterocycles. The Morgan fingerprint density at radius 1 is 1.25 bits per heavy atom. The van der Waals surface area contributed by atoms with Crippen LogP contribution in [0.25, 0.3) is 0 Å². The maximum atomic E-state index is 12.5. The standard InChI is InChI=1S/C19H29N3O2/c1-14(22-11-15(2)24-16(3)12-22)10-20-19(23)21-9-8-17-6-4-5-7-18(17)13-21/h4-7,14-16H,8-13H2,1-3H3,(H,20,23)/t14-,15+,16+/m0/s1. The van der Waals surface area contributed by atoms with Crippen LogP contribution in [0.15, 0.2) is 24.3 Å². The first-order valence-corrected chi connectivity index (χ1v) is 9.02. The second-order valence-electron chi connectivity index (χ2n) is 7.19. The van der Waals surface area contributed by atoms with Crippen molar-refractivity contribution < 1.29 is 9.53 Å². The van der Waals surface area contributed by atoms with Gasteiger partial charge in [0.15, 0.2) is 0 Å². The van der Waals surface area contributed by atoms with E-state index in [-0.39, 0.29) is 18.2 Å². The summed E-state index contributed by atoms with van der Waals surface area (Å²) < 4.78 is 5.78. The number of fused-ring (bicyclic) bond motifs is 1. The second-order valence-corrected chi connectivity index (χ2v) is 7.19. The Kier molecular flexibility index (Phi) is 5.41. The van der Waals surface area contributed by atoms with Crippen molar-refractivity contribution in [2.75, 3.05) is 26.2 Å². The maximum absolute atomic E-state index is 12.5. The molecule has 5 nitrogen and oxygen atoms in total. The van der Waals surface area contributed by atoms with E-state index in [4.69, 9.17) is 4.74 Å². The molecule has 1 aromatic rings. The number of hydrogen-bond donors (Lipinski definition) is 1. The van der Waals surface area contributed by atoms with E-state index in [1.54, 1.807) is 0 Å². The molecule has 1 N–H and O–H groups in total. The van der Waals surface area contributed by atoms with Crippen LogP contribution >= 0.6 is 0 Å². The Morgan fingerprint density at radius 3 is 2.62 bits per heavy atom. The molecule has 2 aliphatic rings. The SMILES string of the molecule is C[C@@H]1CN([C@@H](C)CNC(=O)N2CCc3ccccc3C2)C[C@@H](C)O1. The van der Waals surface area contributed by atoms with Crippen molar-refractivity contribution in [1.82, 2.24) is 15.1 Å². The van der Waals surface area contributed by atoms with E-state index in [0.29, 0.717) is 19.1 Å². The minimum atomic E-state index is 0.0470. The number of morpholine rings is 1. The predicted octanol–water partition coefficient (Wildman–Crippen LogP) is 2.25. The molecule has 1 aromatic carbocycles. The van der Waals surface area contributed by atoms with E-state index in [2.05, 4.69) is 49.2 Å². The Hall–Kier alpha value is -1.59. The first kappa shape index (κ1) is 17.2. The number of rotatable bonds is 3. The van der Waals surface area contributed by atoms with Crippen LogP contribution in [0.2, 0.25) is 0 Å². The number of carbonyl (C=O) groups excluding carboxylic acids is 1. The molecule has 0 aromatic heterocycles. The molecular formula is C19H29N3O2. The third-order valence-corrected chi connectivity index (χ3v) is 5.04. The van der Waals surface area contributed by atoms with Crippen molar-refractivity contribution in [3.05, 3.63) is 35.4 Å². The Balaban J connectivity index is 1.49. The molecule has 1 fully saturated rings. The molecule has 2 heterocycles. The van der Waals surface area contributed by atoms with E-state index in [9.17, 15) is 4.79 Å². The van der Waals surface area contributed by atoms with Gasteiger partial charge in [0, 0.05) is 38.8 Å². The Morgan fingerprint density at radius 2 is 1.92 bits per heavy atom. The number of carbonyl (C=O) groups is 1. The summed E-state index contributed by atoms with van der Waals surface area (Å²) in [6, 6.07) is 8.76. The van der Waals surface area contributed by atoms with Crippen LogP contribution in [0.5, 0.6) is 0 Å². The molecule has 2 amide bonds. The summed E-state index contributed by atoms with van der Waals surface area (Å²) >= 11 is 0. The van der Waals surface area contributed by atoms with E-state index in [0.717, 1.165) is 26.1 Å². The van der Waals surface area contributed by atoms with Gasteiger partial charge in [-0.3, -0.25) is 4.90 Å². The summed E-state index contributed by atoms with van der Waals surface area (Å²) in [7, 11) is 0. The summed E-state index contributed by atoms with van der Waals surface area (Å²) in [4.78, 5) is 16.8. The summed E-state index contributed by atoms with van der Waals surface area (Å²) in [5.74, 6) is 0. The van der Waals surface area contributed by atoms with Gasteiger partial charge in [0.25, 0.3) is 0 Å². The fourth-order valence-corrected chi connectivity index (χ4v) is 3.72. The number of amides is 2. The van der Waals surface area contributed by atoms with E-state index in [1.165, 1.54) is 11.1 Å². The molecule has 0 spiro atoms. The van der Waals surface area contributed by atoms with Gasteiger partial charge >= 0.3 is 6.03 Å². The Labute approximate surface area is 145 Å². The zero-order valence-electron chi connectivity index (χ0n) is 15.0. The second kappa shape index (κ2) is 7.53. The molecular weight excluding hydrogens is 302 g/mol. The highest BCUT2D eigenvalue weighted by atomic mass is 16.5. The van der Waals surface area contributed by atoms with Gasteiger partial charge in [0.1, 0.15) is 0 Å². The summed E-state index contributed by atoms with van der Waals surface area (Å²) in [6.07, 6.45) is 1.45. The van der Waals surface area contributed by atoms with Crippen LogP contribution in [-0.2, 0) is 17.7 Å². The average molecular weight is 331 g/mol. The number of urea groups is 1. The fraction of sp³-hybridized carbons (Fsp3) is 0.632. The monoisotopic (exact) mass is 331 g/mol. The highest BCUT2D eigenvalue weighted by Gasteiger charge is 2.26. The first-order valence-electron chi connectivity index (χ1n) is 9.02. The number of nitrogens with zero attached hydrogens (tertiary/aromatic N) is 2. The van der Waals surface area contributed by atoms with Gasteiger partial charge in [0.05, 0.1) is 12.2 Å². The van der Waals surface area contributed by atoms with E-state index in [1.807, 2.05) is 11.0 Å². The minimum Gasteiger partial charge on any atom is -0.373 e. The van der Waals surface area contributed by atoms with Crippen molar-refractivity contribution >= 4 is 6.03 Å². The molecule has 0 unspecified atom stereocenters. The highest BCUT2D eigenvalue weighted by Crippen LogP contribution is 2.18. The molecule has 3 atom stereocenters. The fourth-order valence-electron chi connectivity index (χ4n) is 3.72. The van der Waals surface area contributed by atoms with Crippen molar-refractivity contribution in [2.24, 2.45) is 0 Å². The minimum absolute atomic E-state index is 0.0470. The summed E-state index contributed by atoms with van der Waals surface area (Å²) in [5.41, 5.74) is 2.63. The molecule has 0 saturated carbocycles. The topological polar surface area (TPSA) is 44.8 Å². The highest BCUT2D eigenvalue weighted by molar-refractivity contribution is 5.74. The van der Waals surface area contributed by atoms with Crippen molar-refractivity contribution in [2.45, 2.75) is 52.0 Å². The molecule has 0 aliphatic carbocycles. The lowest BCUT2D eigenvalue weighted by Crippen LogP contribution is -2.53. The number of ether oxygens (including phenoxy) is 1. The number of hydrogen-bond acceptors (Lipinski definition) is 3. The van der Waals surface area contributed by atoms with Crippen molar-refractivity contribution in [3.63, 3.8) is 0 Å². The largest absolute Gasteiger partial charge is 0.373 e. The zero-order chi connectivity index (χ0) is 17.1. The number of benzene rings is 1. The zero-order valence-corrected chi connectivity index (χ0v) is 15.0. The lowest BCUT2D eigenvalue weighted by molar-refractivity contribution is -0.0778. The quantitative estimate of drug-likeness (QED) is 0.924. The smallest absolute Gasteiger partial charge is 0.317 e.